The highest BCUT2D eigenvalue weighted by Crippen LogP contribution is 2.31. The molecule has 198 valence electrons. The lowest BCUT2D eigenvalue weighted by molar-refractivity contribution is -0.142. The maximum Gasteiger partial charge on any atom is 0.313 e. The van der Waals surface area contributed by atoms with Crippen LogP contribution in [0, 0.1) is 0 Å². The van der Waals surface area contributed by atoms with Gasteiger partial charge in [-0.25, -0.2) is 4.98 Å². The van der Waals surface area contributed by atoms with Crippen LogP contribution >= 0.6 is 0 Å². The quantitative estimate of drug-likeness (QED) is 0.307. The van der Waals surface area contributed by atoms with Gasteiger partial charge < -0.3 is 23.9 Å². The zero-order valence-electron chi connectivity index (χ0n) is 21.7. The molecule has 10 nitrogen and oxygen atoms in total. The summed E-state index contributed by atoms with van der Waals surface area (Å²) in [7, 11) is 0. The Kier molecular flexibility index (Phi) is 7.04. The number of para-hydroxylation sites is 2. The molecule has 0 aliphatic carbocycles. The van der Waals surface area contributed by atoms with Gasteiger partial charge in [0.25, 0.3) is 0 Å². The van der Waals surface area contributed by atoms with E-state index in [1.807, 2.05) is 31.2 Å². The number of fused-ring (bicyclic) bond motifs is 1. The van der Waals surface area contributed by atoms with Crippen molar-refractivity contribution in [2.45, 2.75) is 45.1 Å². The minimum absolute atomic E-state index is 0.00920. The largest absolute Gasteiger partial charge is 0.490 e. The number of oxazole rings is 1. The topological polar surface area (TPSA) is 123 Å². The molecule has 1 aliphatic heterocycles. The molecule has 1 fully saturated rings. The van der Waals surface area contributed by atoms with Crippen LogP contribution in [0.3, 0.4) is 0 Å². The number of anilines is 3. The van der Waals surface area contributed by atoms with Crippen LogP contribution in [0.4, 0.5) is 17.7 Å². The lowest BCUT2D eigenvalue weighted by Crippen LogP contribution is -2.41. The Bertz CT molecular complexity index is 1440. The first-order valence-electron chi connectivity index (χ1n) is 12.7. The predicted molar refractivity (Wildman–Crippen MR) is 143 cm³/mol. The Morgan fingerprint density at radius 1 is 1.18 bits per heavy atom. The molecule has 38 heavy (non-hydrogen) atoms. The predicted octanol–water partition coefficient (Wildman–Crippen LogP) is 5.17. The van der Waals surface area contributed by atoms with Crippen LogP contribution < -0.4 is 19.7 Å². The lowest BCUT2D eigenvalue weighted by Gasteiger charge is -2.33. The highest BCUT2D eigenvalue weighted by molar-refractivity contribution is 5.83. The molecule has 10 heteroatoms. The van der Waals surface area contributed by atoms with Crippen molar-refractivity contribution in [3.05, 3.63) is 60.4 Å². The normalized spacial score (nSPS) is 15.9. The van der Waals surface area contributed by atoms with Gasteiger partial charge in [-0.1, -0.05) is 18.2 Å². The molecular weight excluding hydrogens is 486 g/mol. The Labute approximate surface area is 220 Å². The zero-order valence-corrected chi connectivity index (χ0v) is 21.7. The van der Waals surface area contributed by atoms with Gasteiger partial charge in [-0.3, -0.25) is 15.1 Å². The van der Waals surface area contributed by atoms with E-state index in [-0.39, 0.29) is 12.1 Å². The summed E-state index contributed by atoms with van der Waals surface area (Å²) >= 11 is 0. The number of hydrogen-bond acceptors (Lipinski definition) is 9. The molecule has 1 aliphatic rings. The summed E-state index contributed by atoms with van der Waals surface area (Å²) in [6.45, 7) is 7.35. The van der Waals surface area contributed by atoms with Crippen LogP contribution in [0.15, 0.2) is 59.3 Å². The van der Waals surface area contributed by atoms with Crippen molar-refractivity contribution >= 4 is 34.7 Å². The van der Waals surface area contributed by atoms with Gasteiger partial charge in [-0.05, 0) is 63.4 Å². The van der Waals surface area contributed by atoms with Crippen molar-refractivity contribution in [1.82, 2.24) is 15.0 Å². The van der Waals surface area contributed by atoms with Gasteiger partial charge in [0.05, 0.1) is 31.0 Å². The summed E-state index contributed by atoms with van der Waals surface area (Å²) < 4.78 is 17.9. The highest BCUT2D eigenvalue weighted by Gasteiger charge is 2.30. The molecular formula is C28H31N5O5. The summed E-state index contributed by atoms with van der Waals surface area (Å²) in [6.07, 6.45) is 5.22. The fraction of sp³-hybridized carbons (Fsp3) is 0.357. The van der Waals surface area contributed by atoms with Crippen molar-refractivity contribution in [3.63, 3.8) is 0 Å². The van der Waals surface area contributed by atoms with E-state index in [0.717, 1.165) is 36.7 Å². The van der Waals surface area contributed by atoms with Crippen LogP contribution in [0.25, 0.3) is 11.1 Å². The van der Waals surface area contributed by atoms with Gasteiger partial charge >= 0.3 is 12.0 Å². The number of carboxylic acids is 1. The van der Waals surface area contributed by atoms with Gasteiger partial charge in [0.15, 0.2) is 22.9 Å². The molecule has 4 aromatic rings. The lowest BCUT2D eigenvalue weighted by atomic mass is 9.85. The molecule has 3 heterocycles. The fourth-order valence-corrected chi connectivity index (χ4v) is 4.41. The Balaban J connectivity index is 1.29. The van der Waals surface area contributed by atoms with Crippen LogP contribution in [0.5, 0.6) is 11.5 Å². The van der Waals surface area contributed by atoms with Crippen LogP contribution in [0.2, 0.25) is 0 Å². The van der Waals surface area contributed by atoms with E-state index >= 15 is 0 Å². The summed E-state index contributed by atoms with van der Waals surface area (Å²) in [4.78, 5) is 27.3. The van der Waals surface area contributed by atoms with Crippen LogP contribution in [-0.4, -0.2) is 51.8 Å². The number of benzene rings is 2. The molecule has 0 saturated carbocycles. The Morgan fingerprint density at radius 2 is 2.00 bits per heavy atom. The van der Waals surface area contributed by atoms with Crippen LogP contribution in [0.1, 0.15) is 39.2 Å². The van der Waals surface area contributed by atoms with E-state index in [1.165, 1.54) is 0 Å². The Hall–Kier alpha value is -4.34. The first kappa shape index (κ1) is 25.3. The maximum atomic E-state index is 11.6. The van der Waals surface area contributed by atoms with Crippen molar-refractivity contribution in [2.24, 2.45) is 0 Å². The number of nitrogens with one attached hydrogen (secondary N) is 1. The first-order valence-corrected chi connectivity index (χ1v) is 12.7. The third-order valence-electron chi connectivity index (χ3n) is 6.65. The minimum Gasteiger partial charge on any atom is -0.490 e. The number of hydrogen-bond donors (Lipinski definition) is 2. The molecule has 1 saturated heterocycles. The number of rotatable bonds is 9. The number of aromatic nitrogens is 3. The maximum absolute atomic E-state index is 11.6. The molecule has 2 aromatic carbocycles. The number of carbonyl (C=O) groups is 1. The molecule has 0 unspecified atom stereocenters. The summed E-state index contributed by atoms with van der Waals surface area (Å²) in [6, 6.07) is 13.2. The van der Waals surface area contributed by atoms with E-state index < -0.39 is 11.4 Å². The average molecular weight is 518 g/mol. The minimum atomic E-state index is -1.05. The number of nitrogens with zero attached hydrogens (tertiary/aromatic N) is 4. The molecule has 0 spiro atoms. The second kappa shape index (κ2) is 10.6. The van der Waals surface area contributed by atoms with Crippen molar-refractivity contribution in [2.75, 3.05) is 29.9 Å². The number of aliphatic carboxylic acids is 1. The number of piperidine rings is 1. The molecule has 0 bridgehead atoms. The zero-order chi connectivity index (χ0) is 26.7. The van der Waals surface area contributed by atoms with Crippen molar-refractivity contribution in [3.8, 4) is 11.5 Å². The summed E-state index contributed by atoms with van der Waals surface area (Å²) in [5, 5.41) is 12.6. The molecule has 0 amide bonds. The van der Waals surface area contributed by atoms with Gasteiger partial charge in [-0.15, -0.1) is 0 Å². The fourth-order valence-electron chi connectivity index (χ4n) is 4.41. The third kappa shape index (κ3) is 5.34. The molecule has 2 aromatic heterocycles. The molecule has 2 N–H and O–H groups in total. The smallest absolute Gasteiger partial charge is 0.313 e. The highest BCUT2D eigenvalue weighted by atomic mass is 16.5. The van der Waals surface area contributed by atoms with Gasteiger partial charge in [0.2, 0.25) is 0 Å². The van der Waals surface area contributed by atoms with Crippen molar-refractivity contribution in [1.29, 1.82) is 0 Å². The molecule has 1 atom stereocenters. The second-order valence-electron chi connectivity index (χ2n) is 9.73. The number of ether oxygens (including phenoxy) is 2. The second-order valence-corrected chi connectivity index (χ2v) is 9.73. The molecule has 5 rings (SSSR count). The van der Waals surface area contributed by atoms with E-state index in [2.05, 4.69) is 20.2 Å². The van der Waals surface area contributed by atoms with E-state index in [0.29, 0.717) is 35.6 Å². The van der Waals surface area contributed by atoms with E-state index in [4.69, 9.17) is 18.9 Å². The summed E-state index contributed by atoms with van der Waals surface area (Å²) in [5.41, 5.74) is 0.694. The van der Waals surface area contributed by atoms with Crippen molar-refractivity contribution < 1.29 is 23.8 Å². The standard InChI is InChI=1S/C28H31N5O5/c1-4-36-21-9-5-6-10-22(21)37-19-8-7-13-33(17-19)25-16-29-15-24(31-25)32-27-30-20-12-11-18(14-23(20)38-27)28(2,3)26(34)35/h5-6,9-12,14-16,19H,4,7-8,13,17H2,1-3H3,(H,34,35)(H,30,31,32)/t19-/m1/s1. The average Bonchev–Trinajstić information content (AvgIpc) is 3.32. The van der Waals surface area contributed by atoms with Gasteiger partial charge in [0, 0.05) is 6.54 Å². The van der Waals surface area contributed by atoms with E-state index in [1.54, 1.807) is 44.4 Å². The first-order chi connectivity index (χ1) is 18.3. The third-order valence-corrected chi connectivity index (χ3v) is 6.65. The van der Waals surface area contributed by atoms with Gasteiger partial charge in [0.1, 0.15) is 17.4 Å². The number of carboxylic acid groups (broad SMARTS) is 1. The summed E-state index contributed by atoms with van der Waals surface area (Å²) in [5.74, 6) is 1.79. The van der Waals surface area contributed by atoms with E-state index in [9.17, 15) is 9.90 Å². The monoisotopic (exact) mass is 517 g/mol. The Morgan fingerprint density at radius 3 is 2.79 bits per heavy atom. The van der Waals surface area contributed by atoms with Gasteiger partial charge in [-0.2, -0.15) is 4.98 Å². The van der Waals surface area contributed by atoms with Crippen LogP contribution in [-0.2, 0) is 10.2 Å². The SMILES string of the molecule is CCOc1ccccc1O[C@@H]1CCCN(c2cncc(Nc3nc4ccc(C(C)(C)C(=O)O)cc4o3)n2)C1. The molecule has 0 radical (unpaired) electrons.